The zero-order valence-corrected chi connectivity index (χ0v) is 9.79. The molecule has 3 rings (SSSR count). The van der Waals surface area contributed by atoms with E-state index in [1.165, 1.54) is 32.2 Å². The Hall–Kier alpha value is -0.0400. The van der Waals surface area contributed by atoms with Gasteiger partial charge in [0.1, 0.15) is 0 Å². The maximum Gasteiger partial charge on any atom is 0.0121 e. The van der Waals surface area contributed by atoms with E-state index >= 15 is 0 Å². The molecule has 0 radical (unpaired) electrons. The monoisotopic (exact) mass is 193 g/mol. The summed E-state index contributed by atoms with van der Waals surface area (Å²) in [7, 11) is 2.32. The van der Waals surface area contributed by atoms with Gasteiger partial charge in [0.25, 0.3) is 0 Å². The molecule has 3 aliphatic rings. The molecule has 0 amide bonds. The second-order valence-corrected chi connectivity index (χ2v) is 6.29. The molecule has 0 aromatic carbocycles. The van der Waals surface area contributed by atoms with E-state index in [4.69, 9.17) is 0 Å². The first-order chi connectivity index (χ1) is 6.63. The van der Waals surface area contributed by atoms with Crippen molar-refractivity contribution in [1.82, 2.24) is 4.90 Å². The van der Waals surface area contributed by atoms with Crippen LogP contribution in [0.3, 0.4) is 0 Å². The van der Waals surface area contributed by atoms with Crippen LogP contribution in [0.15, 0.2) is 0 Å². The van der Waals surface area contributed by atoms with E-state index in [1.54, 1.807) is 0 Å². The van der Waals surface area contributed by atoms with E-state index < -0.39 is 0 Å². The predicted molar refractivity (Wildman–Crippen MR) is 59.1 cm³/mol. The molecule has 2 aliphatic carbocycles. The zero-order chi connectivity index (χ0) is 9.92. The third-order valence-electron chi connectivity index (χ3n) is 5.88. The van der Waals surface area contributed by atoms with Gasteiger partial charge in [0.15, 0.2) is 0 Å². The van der Waals surface area contributed by atoms with Gasteiger partial charge in [-0.15, -0.1) is 0 Å². The van der Waals surface area contributed by atoms with E-state index in [1.807, 2.05) is 0 Å². The fourth-order valence-electron chi connectivity index (χ4n) is 4.85. The van der Waals surface area contributed by atoms with Gasteiger partial charge in [0.05, 0.1) is 0 Å². The lowest BCUT2D eigenvalue weighted by Gasteiger charge is -2.31. The number of nitrogens with zero attached hydrogens (tertiary/aromatic N) is 1. The molecule has 0 N–H and O–H groups in total. The zero-order valence-electron chi connectivity index (χ0n) is 9.79. The fourth-order valence-corrected chi connectivity index (χ4v) is 4.85. The lowest BCUT2D eigenvalue weighted by Crippen LogP contribution is -2.33. The van der Waals surface area contributed by atoms with Crippen molar-refractivity contribution in [2.45, 2.75) is 45.6 Å². The molecule has 2 unspecified atom stereocenters. The quantitative estimate of drug-likeness (QED) is 0.572. The average molecular weight is 193 g/mol. The van der Waals surface area contributed by atoms with Gasteiger partial charge >= 0.3 is 0 Å². The van der Waals surface area contributed by atoms with Crippen molar-refractivity contribution in [1.29, 1.82) is 0 Å². The van der Waals surface area contributed by atoms with Gasteiger partial charge < -0.3 is 4.90 Å². The van der Waals surface area contributed by atoms with Crippen LogP contribution in [0.2, 0.25) is 0 Å². The molecule has 5 atom stereocenters. The molecule has 1 heteroatoms. The van der Waals surface area contributed by atoms with E-state index in [-0.39, 0.29) is 0 Å². The summed E-state index contributed by atoms with van der Waals surface area (Å²) in [6, 6.07) is 0.818. The topological polar surface area (TPSA) is 3.24 Å². The number of rotatable bonds is 0. The highest BCUT2D eigenvalue weighted by Gasteiger charge is 2.58. The highest BCUT2D eigenvalue weighted by molar-refractivity contribution is 5.09. The van der Waals surface area contributed by atoms with Crippen molar-refractivity contribution in [3.05, 3.63) is 0 Å². The van der Waals surface area contributed by atoms with Crippen LogP contribution in [-0.4, -0.2) is 24.5 Å². The molecule has 1 aliphatic heterocycles. The number of fused-ring (bicyclic) bond motifs is 3. The summed E-state index contributed by atoms with van der Waals surface area (Å²) in [6.07, 6.45) is 6.10. The minimum Gasteiger partial charge on any atom is -0.303 e. The molecule has 0 spiro atoms. The lowest BCUT2D eigenvalue weighted by atomic mass is 9.75. The van der Waals surface area contributed by atoms with E-state index in [2.05, 4.69) is 25.8 Å². The Kier molecular flexibility index (Phi) is 1.81. The minimum absolute atomic E-state index is 0.657. The fraction of sp³-hybridized carbons (Fsp3) is 1.00. The van der Waals surface area contributed by atoms with Crippen molar-refractivity contribution in [3.63, 3.8) is 0 Å². The number of hydrogen-bond donors (Lipinski definition) is 0. The molecule has 1 saturated heterocycles. The van der Waals surface area contributed by atoms with Crippen molar-refractivity contribution >= 4 is 0 Å². The molecule has 0 aromatic heterocycles. The summed E-state index contributed by atoms with van der Waals surface area (Å²) in [6.45, 7) is 6.38. The van der Waals surface area contributed by atoms with E-state index in [0.717, 1.165) is 23.8 Å². The molecule has 1 heterocycles. The maximum absolute atomic E-state index is 2.60. The van der Waals surface area contributed by atoms with Crippen LogP contribution in [0, 0.1) is 23.2 Å². The Labute approximate surface area is 87.9 Å². The first-order valence-corrected chi connectivity index (χ1v) is 6.33. The normalized spacial score (nSPS) is 57.6. The second-order valence-electron chi connectivity index (χ2n) is 6.29. The Balaban J connectivity index is 1.92. The van der Waals surface area contributed by atoms with Crippen molar-refractivity contribution in [2.75, 3.05) is 13.6 Å². The molecule has 0 aromatic rings. The van der Waals surface area contributed by atoms with Crippen molar-refractivity contribution < 1.29 is 0 Å². The standard InChI is InChI=1S/C13H23N/c1-9-13(2)7-10-5-4-6-11(10)12(13)8-14(9)3/h9-12H,4-8H2,1-3H3/t9-,10?,11?,12-,13-/m1/s1. The van der Waals surface area contributed by atoms with Gasteiger partial charge in [-0.3, -0.25) is 0 Å². The highest BCUT2D eigenvalue weighted by atomic mass is 15.2. The van der Waals surface area contributed by atoms with Crippen LogP contribution in [0.4, 0.5) is 0 Å². The first kappa shape index (κ1) is 9.21. The largest absolute Gasteiger partial charge is 0.303 e. The molecular weight excluding hydrogens is 170 g/mol. The van der Waals surface area contributed by atoms with Crippen molar-refractivity contribution in [3.8, 4) is 0 Å². The smallest absolute Gasteiger partial charge is 0.0121 e. The summed E-state index contributed by atoms with van der Waals surface area (Å²) < 4.78 is 0. The third-order valence-corrected chi connectivity index (χ3v) is 5.88. The Bertz CT molecular complexity index is 250. The van der Waals surface area contributed by atoms with Gasteiger partial charge in [-0.25, -0.2) is 0 Å². The minimum atomic E-state index is 0.657. The second kappa shape index (κ2) is 2.75. The molecule has 80 valence electrons. The Morgan fingerprint density at radius 1 is 1.29 bits per heavy atom. The number of likely N-dealkylation sites (tertiary alicyclic amines) is 1. The SMILES string of the molecule is C[C@H]1N(C)C[C@@H]2C3CCCC3C[C@@]21C. The van der Waals surface area contributed by atoms with E-state index in [9.17, 15) is 0 Å². The van der Waals surface area contributed by atoms with E-state index in [0.29, 0.717) is 5.41 Å². The van der Waals surface area contributed by atoms with Crippen LogP contribution in [0.25, 0.3) is 0 Å². The molecule has 14 heavy (non-hydrogen) atoms. The molecule has 3 fully saturated rings. The van der Waals surface area contributed by atoms with Crippen molar-refractivity contribution in [2.24, 2.45) is 23.2 Å². The van der Waals surface area contributed by atoms with Gasteiger partial charge in [-0.1, -0.05) is 19.8 Å². The first-order valence-electron chi connectivity index (χ1n) is 6.33. The lowest BCUT2D eigenvalue weighted by molar-refractivity contribution is 0.186. The number of hydrogen-bond acceptors (Lipinski definition) is 1. The van der Waals surface area contributed by atoms with Crippen LogP contribution >= 0.6 is 0 Å². The Morgan fingerprint density at radius 3 is 2.86 bits per heavy atom. The van der Waals surface area contributed by atoms with Gasteiger partial charge in [-0.05, 0) is 50.0 Å². The molecule has 1 nitrogen and oxygen atoms in total. The maximum atomic E-state index is 2.60. The summed E-state index contributed by atoms with van der Waals surface area (Å²) in [5, 5.41) is 0. The molecular formula is C13H23N. The third kappa shape index (κ3) is 0.946. The highest BCUT2D eigenvalue weighted by Crippen LogP contribution is 2.61. The summed E-state index contributed by atoms with van der Waals surface area (Å²) in [5.74, 6) is 3.21. The summed E-state index contributed by atoms with van der Waals surface area (Å²) >= 11 is 0. The summed E-state index contributed by atoms with van der Waals surface area (Å²) in [4.78, 5) is 2.60. The molecule has 0 bridgehead atoms. The van der Waals surface area contributed by atoms with Crippen LogP contribution in [0.1, 0.15) is 39.5 Å². The molecule has 2 saturated carbocycles. The van der Waals surface area contributed by atoms with Gasteiger partial charge in [0, 0.05) is 12.6 Å². The van der Waals surface area contributed by atoms with Crippen LogP contribution < -0.4 is 0 Å². The predicted octanol–water partition coefficient (Wildman–Crippen LogP) is 2.76. The van der Waals surface area contributed by atoms with Crippen LogP contribution in [0.5, 0.6) is 0 Å². The Morgan fingerprint density at radius 2 is 2.07 bits per heavy atom. The summed E-state index contributed by atoms with van der Waals surface area (Å²) in [5.41, 5.74) is 0.657. The van der Waals surface area contributed by atoms with Gasteiger partial charge in [-0.2, -0.15) is 0 Å². The van der Waals surface area contributed by atoms with Crippen LogP contribution in [-0.2, 0) is 0 Å². The average Bonchev–Trinajstić information content (AvgIpc) is 2.71. The van der Waals surface area contributed by atoms with Gasteiger partial charge in [0.2, 0.25) is 0 Å².